The quantitative estimate of drug-likeness (QED) is 0.758. The van der Waals surface area contributed by atoms with Crippen LogP contribution < -0.4 is 10.2 Å². The molecule has 0 radical (unpaired) electrons. The highest BCUT2D eigenvalue weighted by Crippen LogP contribution is 2.26. The lowest BCUT2D eigenvalue weighted by atomic mass is 10.2. The van der Waals surface area contributed by atoms with E-state index >= 15 is 0 Å². The van der Waals surface area contributed by atoms with Crippen LogP contribution in [0.1, 0.15) is 13.3 Å². The normalized spacial score (nSPS) is 15.4. The number of hydrogen-bond acceptors (Lipinski definition) is 2. The van der Waals surface area contributed by atoms with E-state index < -0.39 is 0 Å². The van der Waals surface area contributed by atoms with E-state index in [1.165, 1.54) is 11.4 Å². The minimum Gasteiger partial charge on any atom is -0.384 e. The van der Waals surface area contributed by atoms with Gasteiger partial charge in [0.1, 0.15) is 0 Å². The van der Waals surface area contributed by atoms with Crippen molar-refractivity contribution in [1.29, 1.82) is 0 Å². The van der Waals surface area contributed by atoms with Crippen molar-refractivity contribution in [3.63, 3.8) is 0 Å². The molecule has 1 aliphatic rings. The Morgan fingerprint density at radius 1 is 1.27 bits per heavy atom. The lowest BCUT2D eigenvalue weighted by Gasteiger charge is -2.27. The van der Waals surface area contributed by atoms with Crippen LogP contribution in [-0.4, -0.2) is 19.6 Å². The Hall–Kier alpha value is -1.44. The van der Waals surface area contributed by atoms with E-state index in [2.05, 4.69) is 53.6 Å². The maximum Gasteiger partial charge on any atom is 0.0604 e. The summed E-state index contributed by atoms with van der Waals surface area (Å²) in [6.07, 6.45) is 5.65. The summed E-state index contributed by atoms with van der Waals surface area (Å²) in [7, 11) is 0. The van der Waals surface area contributed by atoms with E-state index in [0.29, 0.717) is 0 Å². The molecule has 0 saturated heterocycles. The predicted molar refractivity (Wildman–Crippen MR) is 66.6 cm³/mol. The van der Waals surface area contributed by atoms with Gasteiger partial charge in [0.05, 0.1) is 11.4 Å². The van der Waals surface area contributed by atoms with Gasteiger partial charge in [0.2, 0.25) is 0 Å². The van der Waals surface area contributed by atoms with Crippen molar-refractivity contribution in [3.05, 3.63) is 36.4 Å². The fourth-order valence-electron chi connectivity index (χ4n) is 1.95. The van der Waals surface area contributed by atoms with Crippen molar-refractivity contribution < 1.29 is 0 Å². The Labute approximate surface area is 91.6 Å². The molecule has 2 nitrogen and oxygen atoms in total. The molecule has 2 rings (SSSR count). The molecule has 0 aromatic heterocycles. The zero-order chi connectivity index (χ0) is 10.5. The summed E-state index contributed by atoms with van der Waals surface area (Å²) in [5, 5.41) is 3.41. The van der Waals surface area contributed by atoms with Crippen LogP contribution in [0, 0.1) is 0 Å². The van der Waals surface area contributed by atoms with Crippen molar-refractivity contribution >= 4 is 11.4 Å². The van der Waals surface area contributed by atoms with Crippen molar-refractivity contribution in [3.8, 4) is 0 Å². The first-order chi connectivity index (χ1) is 7.42. The molecule has 0 atom stereocenters. The Balaban J connectivity index is 2.21. The molecule has 2 heteroatoms. The molecule has 0 amide bonds. The molecular formula is C13H18N2. The molecule has 80 valence electrons. The smallest absolute Gasteiger partial charge is 0.0604 e. The Morgan fingerprint density at radius 2 is 2.13 bits per heavy atom. The van der Waals surface area contributed by atoms with Gasteiger partial charge in [0.15, 0.2) is 0 Å². The summed E-state index contributed by atoms with van der Waals surface area (Å²) in [6.45, 7) is 5.26. The third-order valence-electron chi connectivity index (χ3n) is 2.67. The molecule has 0 fully saturated rings. The summed E-state index contributed by atoms with van der Waals surface area (Å²) in [6, 6.07) is 8.53. The molecule has 1 aromatic rings. The molecule has 0 spiro atoms. The van der Waals surface area contributed by atoms with Crippen LogP contribution >= 0.6 is 0 Å². The average Bonchev–Trinajstić information content (AvgIpc) is 2.31. The van der Waals surface area contributed by atoms with E-state index in [0.717, 1.165) is 26.1 Å². The highest BCUT2D eigenvalue weighted by atomic mass is 15.1. The fourth-order valence-corrected chi connectivity index (χ4v) is 1.95. The van der Waals surface area contributed by atoms with Gasteiger partial charge in [-0.25, -0.2) is 0 Å². The average molecular weight is 202 g/mol. The number of nitrogens with one attached hydrogen (secondary N) is 1. The first kappa shape index (κ1) is 10.1. The number of rotatable bonds is 3. The molecule has 0 unspecified atom stereocenters. The lowest BCUT2D eigenvalue weighted by molar-refractivity contribution is 0.821. The van der Waals surface area contributed by atoms with Gasteiger partial charge in [-0.15, -0.1) is 0 Å². The first-order valence-corrected chi connectivity index (χ1v) is 5.64. The Bertz CT molecular complexity index is 344. The van der Waals surface area contributed by atoms with Gasteiger partial charge in [-0.1, -0.05) is 24.3 Å². The van der Waals surface area contributed by atoms with Gasteiger partial charge in [0, 0.05) is 19.6 Å². The molecule has 15 heavy (non-hydrogen) atoms. The third-order valence-corrected chi connectivity index (χ3v) is 2.67. The minimum absolute atomic E-state index is 0.973. The first-order valence-electron chi connectivity index (χ1n) is 5.64. The van der Waals surface area contributed by atoms with Crippen LogP contribution in [0.3, 0.4) is 0 Å². The van der Waals surface area contributed by atoms with Gasteiger partial charge < -0.3 is 10.2 Å². The van der Waals surface area contributed by atoms with Crippen molar-refractivity contribution in [2.75, 3.05) is 29.9 Å². The summed E-state index contributed by atoms with van der Waals surface area (Å²) in [4.78, 5) is 2.41. The maximum atomic E-state index is 3.41. The number of benzene rings is 1. The summed E-state index contributed by atoms with van der Waals surface area (Å²) in [5.41, 5.74) is 2.57. The summed E-state index contributed by atoms with van der Waals surface area (Å²) >= 11 is 0. The summed E-state index contributed by atoms with van der Waals surface area (Å²) < 4.78 is 0. The van der Waals surface area contributed by atoms with Crippen molar-refractivity contribution in [1.82, 2.24) is 0 Å². The maximum absolute atomic E-state index is 3.41. The van der Waals surface area contributed by atoms with E-state index in [1.807, 2.05) is 0 Å². The molecular weight excluding hydrogens is 184 g/mol. The van der Waals surface area contributed by atoms with Crippen LogP contribution in [-0.2, 0) is 0 Å². The Morgan fingerprint density at radius 3 is 2.87 bits per heavy atom. The van der Waals surface area contributed by atoms with Gasteiger partial charge in [0.25, 0.3) is 0 Å². The van der Waals surface area contributed by atoms with Gasteiger partial charge in [-0.05, 0) is 25.5 Å². The topological polar surface area (TPSA) is 15.3 Å². The second kappa shape index (κ2) is 4.87. The molecule has 1 N–H and O–H groups in total. The zero-order valence-corrected chi connectivity index (χ0v) is 9.24. The standard InChI is InChI=1S/C13H18N2/c1-2-14-12-8-4-5-9-13(12)15-10-6-3-7-11-15/h3-6,8-9,14H,2,7,10-11H2,1H3. The third kappa shape index (κ3) is 2.32. The monoisotopic (exact) mass is 202 g/mol. The van der Waals surface area contributed by atoms with E-state index in [4.69, 9.17) is 0 Å². The van der Waals surface area contributed by atoms with Crippen molar-refractivity contribution in [2.45, 2.75) is 13.3 Å². The van der Waals surface area contributed by atoms with Gasteiger partial charge >= 0.3 is 0 Å². The van der Waals surface area contributed by atoms with Crippen LogP contribution in [0.15, 0.2) is 36.4 Å². The molecule has 1 heterocycles. The van der Waals surface area contributed by atoms with Crippen LogP contribution in [0.4, 0.5) is 11.4 Å². The molecule has 0 bridgehead atoms. The largest absolute Gasteiger partial charge is 0.384 e. The molecule has 0 saturated carbocycles. The number of anilines is 2. The molecule has 0 aliphatic carbocycles. The second-order valence-electron chi connectivity index (χ2n) is 3.75. The van der Waals surface area contributed by atoms with E-state index in [9.17, 15) is 0 Å². The highest BCUT2D eigenvalue weighted by Gasteiger charge is 2.10. The summed E-state index contributed by atoms with van der Waals surface area (Å²) in [5.74, 6) is 0. The predicted octanol–water partition coefficient (Wildman–Crippen LogP) is 2.88. The fraction of sp³-hybridized carbons (Fsp3) is 0.385. The van der Waals surface area contributed by atoms with Crippen LogP contribution in [0.5, 0.6) is 0 Å². The minimum atomic E-state index is 0.973. The second-order valence-corrected chi connectivity index (χ2v) is 3.75. The van der Waals surface area contributed by atoms with Crippen LogP contribution in [0.25, 0.3) is 0 Å². The van der Waals surface area contributed by atoms with Crippen molar-refractivity contribution in [2.24, 2.45) is 0 Å². The van der Waals surface area contributed by atoms with Crippen LogP contribution in [0.2, 0.25) is 0 Å². The zero-order valence-electron chi connectivity index (χ0n) is 9.24. The SMILES string of the molecule is CCNc1ccccc1N1CC=CCC1. The van der Waals surface area contributed by atoms with Gasteiger partial charge in [-0.3, -0.25) is 0 Å². The lowest BCUT2D eigenvalue weighted by Crippen LogP contribution is -2.27. The number of hydrogen-bond donors (Lipinski definition) is 1. The highest BCUT2D eigenvalue weighted by molar-refractivity contribution is 5.70. The van der Waals surface area contributed by atoms with Gasteiger partial charge in [-0.2, -0.15) is 0 Å². The Kier molecular flexibility index (Phi) is 3.28. The molecule has 1 aliphatic heterocycles. The number of nitrogens with zero attached hydrogens (tertiary/aromatic N) is 1. The molecule has 1 aromatic carbocycles. The van der Waals surface area contributed by atoms with E-state index in [1.54, 1.807) is 0 Å². The van der Waals surface area contributed by atoms with E-state index in [-0.39, 0.29) is 0 Å². The number of para-hydroxylation sites is 2.